The Morgan fingerprint density at radius 3 is 2.81 bits per heavy atom. The number of amides is 1. The number of aliphatic hydroxyl groups excluding tert-OH is 1. The summed E-state index contributed by atoms with van der Waals surface area (Å²) in [6.07, 6.45) is 1.29. The van der Waals surface area contributed by atoms with Gasteiger partial charge in [0.1, 0.15) is 0 Å². The molecule has 1 N–H and O–H groups in total. The molecule has 1 aliphatic heterocycles. The summed E-state index contributed by atoms with van der Waals surface area (Å²) in [5.74, 6) is -0.130. The maximum absolute atomic E-state index is 12.5. The molecule has 2 unspecified atom stereocenters. The number of non-ortho nitro benzene ring substituents is 1. The maximum Gasteiger partial charge on any atom is 0.270 e. The van der Waals surface area contributed by atoms with Crippen molar-refractivity contribution >= 4 is 11.6 Å². The molecule has 1 aromatic carbocycles. The molecule has 1 amide bonds. The summed E-state index contributed by atoms with van der Waals surface area (Å²) < 4.78 is 0. The van der Waals surface area contributed by atoms with Crippen LogP contribution in [0.25, 0.3) is 0 Å². The minimum atomic E-state index is -0.488. The van der Waals surface area contributed by atoms with Gasteiger partial charge in [0.05, 0.1) is 11.0 Å². The number of nitro groups is 1. The van der Waals surface area contributed by atoms with Gasteiger partial charge in [0.15, 0.2) is 0 Å². The lowest BCUT2D eigenvalue weighted by molar-refractivity contribution is -0.384. The topological polar surface area (TPSA) is 83.7 Å². The van der Waals surface area contributed by atoms with Crippen molar-refractivity contribution in [1.29, 1.82) is 0 Å². The predicted octanol–water partition coefficient (Wildman–Crippen LogP) is 2.14. The molecule has 1 heterocycles. The Balaban J connectivity index is 2.21. The number of hydrogen-bond acceptors (Lipinski definition) is 4. The molecule has 6 nitrogen and oxygen atoms in total. The Hall–Kier alpha value is -1.95. The van der Waals surface area contributed by atoms with E-state index in [2.05, 4.69) is 0 Å². The number of nitrogens with zero attached hydrogens (tertiary/aromatic N) is 2. The second-order valence-corrected chi connectivity index (χ2v) is 5.71. The second kappa shape index (κ2) is 6.22. The van der Waals surface area contributed by atoms with Crippen LogP contribution in [0.1, 0.15) is 35.7 Å². The number of carbonyl (C=O) groups excluding carboxylic acids is 1. The average Bonchev–Trinajstić information content (AvgIpc) is 2.45. The molecule has 0 aromatic heterocycles. The highest BCUT2D eigenvalue weighted by Gasteiger charge is 2.27. The highest BCUT2D eigenvalue weighted by molar-refractivity contribution is 5.95. The van der Waals surface area contributed by atoms with E-state index in [0.29, 0.717) is 24.2 Å². The zero-order valence-electron chi connectivity index (χ0n) is 12.3. The van der Waals surface area contributed by atoms with E-state index in [9.17, 15) is 20.0 Å². The van der Waals surface area contributed by atoms with E-state index in [-0.39, 0.29) is 17.5 Å². The normalized spacial score (nSPS) is 20.1. The van der Waals surface area contributed by atoms with Gasteiger partial charge >= 0.3 is 0 Å². The summed E-state index contributed by atoms with van der Waals surface area (Å²) in [4.78, 5) is 24.6. The maximum atomic E-state index is 12.5. The zero-order valence-corrected chi connectivity index (χ0v) is 12.3. The Bertz CT molecular complexity index is 557. The first-order valence-electron chi connectivity index (χ1n) is 7.12. The van der Waals surface area contributed by atoms with E-state index in [1.807, 2.05) is 0 Å². The third kappa shape index (κ3) is 3.58. The summed E-state index contributed by atoms with van der Waals surface area (Å²) in [5.41, 5.74) is 0.965. The van der Waals surface area contributed by atoms with Gasteiger partial charge in [-0.05, 0) is 38.3 Å². The van der Waals surface area contributed by atoms with Crippen molar-refractivity contribution in [2.24, 2.45) is 5.92 Å². The van der Waals surface area contributed by atoms with Crippen LogP contribution in [0.2, 0.25) is 0 Å². The van der Waals surface area contributed by atoms with Crippen LogP contribution in [0.15, 0.2) is 18.2 Å². The van der Waals surface area contributed by atoms with Gasteiger partial charge in [-0.15, -0.1) is 0 Å². The largest absolute Gasteiger partial charge is 0.393 e. The molecule has 1 aromatic rings. The molecule has 0 radical (unpaired) electrons. The van der Waals surface area contributed by atoms with Crippen LogP contribution in [0.3, 0.4) is 0 Å². The molecule has 2 rings (SSSR count). The highest BCUT2D eigenvalue weighted by Crippen LogP contribution is 2.23. The van der Waals surface area contributed by atoms with Crippen molar-refractivity contribution in [3.05, 3.63) is 39.4 Å². The first-order valence-corrected chi connectivity index (χ1v) is 7.12. The number of benzene rings is 1. The van der Waals surface area contributed by atoms with Crippen LogP contribution in [0.5, 0.6) is 0 Å². The smallest absolute Gasteiger partial charge is 0.270 e. The molecule has 2 atom stereocenters. The molecule has 21 heavy (non-hydrogen) atoms. The van der Waals surface area contributed by atoms with Crippen LogP contribution < -0.4 is 0 Å². The molecule has 6 heteroatoms. The van der Waals surface area contributed by atoms with Gasteiger partial charge in [-0.25, -0.2) is 0 Å². The lowest BCUT2D eigenvalue weighted by Crippen LogP contribution is -2.42. The second-order valence-electron chi connectivity index (χ2n) is 5.71. The summed E-state index contributed by atoms with van der Waals surface area (Å²) in [7, 11) is 0. The fraction of sp³-hybridized carbons (Fsp3) is 0.533. The van der Waals surface area contributed by atoms with Crippen LogP contribution in [-0.2, 0) is 0 Å². The van der Waals surface area contributed by atoms with Crippen molar-refractivity contribution in [3.8, 4) is 0 Å². The number of hydrogen-bond donors (Lipinski definition) is 1. The van der Waals surface area contributed by atoms with Gasteiger partial charge in [-0.1, -0.05) is 0 Å². The third-order valence-corrected chi connectivity index (χ3v) is 3.95. The van der Waals surface area contributed by atoms with Crippen LogP contribution in [0.4, 0.5) is 5.69 Å². The van der Waals surface area contributed by atoms with E-state index in [1.165, 1.54) is 12.1 Å². The molecule has 0 saturated carbocycles. The number of nitro benzene ring substituents is 1. The Labute approximate surface area is 123 Å². The first kappa shape index (κ1) is 15.4. The van der Waals surface area contributed by atoms with E-state index in [4.69, 9.17) is 0 Å². The monoisotopic (exact) mass is 292 g/mol. The van der Waals surface area contributed by atoms with Crippen molar-refractivity contribution in [1.82, 2.24) is 4.90 Å². The summed E-state index contributed by atoms with van der Waals surface area (Å²) in [5, 5.41) is 20.6. The van der Waals surface area contributed by atoms with Crippen LogP contribution in [-0.4, -0.2) is 40.0 Å². The molecule has 1 saturated heterocycles. The lowest BCUT2D eigenvalue weighted by atomic mass is 9.93. The van der Waals surface area contributed by atoms with Gasteiger partial charge in [-0.3, -0.25) is 14.9 Å². The van der Waals surface area contributed by atoms with Crippen molar-refractivity contribution in [3.63, 3.8) is 0 Å². The van der Waals surface area contributed by atoms with E-state index >= 15 is 0 Å². The number of rotatable bonds is 3. The van der Waals surface area contributed by atoms with Gasteiger partial charge in [-0.2, -0.15) is 0 Å². The molecular formula is C15H20N2O4. The molecule has 0 spiro atoms. The quantitative estimate of drug-likeness (QED) is 0.683. The van der Waals surface area contributed by atoms with Gasteiger partial charge < -0.3 is 10.0 Å². The molecule has 0 aliphatic carbocycles. The first-order chi connectivity index (χ1) is 9.88. The predicted molar refractivity (Wildman–Crippen MR) is 78.1 cm³/mol. The zero-order chi connectivity index (χ0) is 15.6. The number of carbonyl (C=O) groups is 1. The fourth-order valence-corrected chi connectivity index (χ4v) is 2.76. The van der Waals surface area contributed by atoms with Gasteiger partial charge in [0.25, 0.3) is 11.6 Å². The molecule has 114 valence electrons. The van der Waals surface area contributed by atoms with Crippen molar-refractivity contribution in [2.75, 3.05) is 13.1 Å². The van der Waals surface area contributed by atoms with Crippen molar-refractivity contribution < 1.29 is 14.8 Å². The van der Waals surface area contributed by atoms with Crippen molar-refractivity contribution in [2.45, 2.75) is 32.8 Å². The number of aryl methyl sites for hydroxylation is 1. The SMILES string of the molecule is Cc1cc(C(=O)N2CCCC(C(C)O)C2)cc([N+](=O)[O-])c1. The summed E-state index contributed by atoms with van der Waals surface area (Å²) >= 11 is 0. The van der Waals surface area contributed by atoms with E-state index in [1.54, 1.807) is 24.8 Å². The van der Waals surface area contributed by atoms with E-state index < -0.39 is 11.0 Å². The average molecular weight is 292 g/mol. The molecule has 1 fully saturated rings. The molecule has 1 aliphatic rings. The summed E-state index contributed by atoms with van der Waals surface area (Å²) in [6, 6.07) is 4.44. The minimum Gasteiger partial charge on any atom is -0.393 e. The Kier molecular flexibility index (Phi) is 4.57. The number of aliphatic hydroxyl groups is 1. The van der Waals surface area contributed by atoms with Crippen LogP contribution in [0, 0.1) is 23.0 Å². The standard InChI is InChI=1S/C15H20N2O4/c1-10-6-13(8-14(7-10)17(20)21)15(19)16-5-3-4-12(9-16)11(2)18/h6-8,11-12,18H,3-5,9H2,1-2H3. The molecule has 0 bridgehead atoms. The molecular weight excluding hydrogens is 272 g/mol. The fourth-order valence-electron chi connectivity index (χ4n) is 2.76. The summed E-state index contributed by atoms with van der Waals surface area (Å²) in [6.45, 7) is 4.59. The van der Waals surface area contributed by atoms with Gasteiger partial charge in [0, 0.05) is 36.7 Å². The minimum absolute atomic E-state index is 0.0672. The third-order valence-electron chi connectivity index (χ3n) is 3.95. The highest BCUT2D eigenvalue weighted by atomic mass is 16.6. The van der Waals surface area contributed by atoms with E-state index in [0.717, 1.165) is 12.8 Å². The Morgan fingerprint density at radius 1 is 1.48 bits per heavy atom. The van der Waals surface area contributed by atoms with Crippen LogP contribution >= 0.6 is 0 Å². The number of likely N-dealkylation sites (tertiary alicyclic amines) is 1. The lowest BCUT2D eigenvalue weighted by Gasteiger charge is -2.34. The number of piperidine rings is 1. The van der Waals surface area contributed by atoms with Gasteiger partial charge in [0.2, 0.25) is 0 Å². The Morgan fingerprint density at radius 2 is 2.19 bits per heavy atom.